The van der Waals surface area contributed by atoms with E-state index in [0.717, 1.165) is 47.6 Å². The highest BCUT2D eigenvalue weighted by Gasteiger charge is 2.31. The number of nitrogens with one attached hydrogen (secondary N) is 1. The molecule has 9 nitrogen and oxygen atoms in total. The maximum absolute atomic E-state index is 14.4. The second-order valence-electron chi connectivity index (χ2n) is 10.5. The van der Waals surface area contributed by atoms with Crippen molar-refractivity contribution in [2.75, 3.05) is 23.3 Å². The van der Waals surface area contributed by atoms with Gasteiger partial charge in [0.25, 0.3) is 11.5 Å². The predicted octanol–water partition coefficient (Wildman–Crippen LogP) is 4.01. The van der Waals surface area contributed by atoms with Gasteiger partial charge < -0.3 is 16.0 Å². The number of amides is 1. The fourth-order valence-corrected chi connectivity index (χ4v) is 5.64. The number of benzene rings is 2. The van der Waals surface area contributed by atoms with E-state index in [2.05, 4.69) is 22.2 Å². The van der Waals surface area contributed by atoms with Crippen LogP contribution in [-0.2, 0) is 0 Å². The molecule has 0 unspecified atom stereocenters. The summed E-state index contributed by atoms with van der Waals surface area (Å²) in [7, 11) is 0. The van der Waals surface area contributed by atoms with Crippen molar-refractivity contribution in [2.24, 2.45) is 11.7 Å². The zero-order chi connectivity index (χ0) is 27.3. The van der Waals surface area contributed by atoms with Crippen molar-refractivity contribution < 1.29 is 13.6 Å². The Kier molecular flexibility index (Phi) is 6.38. The van der Waals surface area contributed by atoms with Gasteiger partial charge in [0.2, 0.25) is 0 Å². The van der Waals surface area contributed by atoms with E-state index in [1.807, 2.05) is 16.9 Å². The van der Waals surface area contributed by atoms with Gasteiger partial charge in [-0.3, -0.25) is 14.3 Å². The highest BCUT2D eigenvalue weighted by molar-refractivity contribution is 6.08. The topological polar surface area (TPSA) is 111 Å². The van der Waals surface area contributed by atoms with Crippen LogP contribution in [0.1, 0.15) is 49.1 Å². The Morgan fingerprint density at radius 1 is 1.00 bits per heavy atom. The highest BCUT2D eigenvalue weighted by atomic mass is 19.1. The van der Waals surface area contributed by atoms with E-state index in [-0.39, 0.29) is 17.7 Å². The number of nitrogens with zero attached hydrogens (tertiary/aromatic N) is 5. The van der Waals surface area contributed by atoms with E-state index >= 15 is 0 Å². The Hall–Kier alpha value is -4.12. The van der Waals surface area contributed by atoms with Crippen LogP contribution < -0.4 is 21.5 Å². The zero-order valence-corrected chi connectivity index (χ0v) is 21.5. The van der Waals surface area contributed by atoms with Gasteiger partial charge in [0.1, 0.15) is 11.4 Å². The van der Waals surface area contributed by atoms with E-state index in [9.17, 15) is 18.4 Å². The van der Waals surface area contributed by atoms with Crippen molar-refractivity contribution in [3.63, 3.8) is 0 Å². The molecule has 1 aliphatic carbocycles. The first-order valence-corrected chi connectivity index (χ1v) is 13.2. The van der Waals surface area contributed by atoms with Crippen LogP contribution in [0.25, 0.3) is 16.6 Å². The van der Waals surface area contributed by atoms with E-state index in [1.54, 1.807) is 6.07 Å². The fraction of sp³-hybridized carbons (Fsp3) is 0.357. The first kappa shape index (κ1) is 25.2. The molecule has 2 fully saturated rings. The molecule has 1 aliphatic heterocycles. The van der Waals surface area contributed by atoms with Crippen LogP contribution in [-0.4, -0.2) is 44.6 Å². The molecule has 0 spiro atoms. The molecule has 6 rings (SSSR count). The van der Waals surface area contributed by atoms with Crippen molar-refractivity contribution >= 4 is 28.2 Å². The lowest BCUT2D eigenvalue weighted by Crippen LogP contribution is -2.29. The molecular formula is C28H29F2N7O2. The second kappa shape index (κ2) is 9.88. The van der Waals surface area contributed by atoms with E-state index in [1.165, 1.54) is 25.0 Å². The second-order valence-corrected chi connectivity index (χ2v) is 10.5. The van der Waals surface area contributed by atoms with Crippen molar-refractivity contribution in [3.05, 3.63) is 76.3 Å². The number of halogens is 2. The number of carbonyl (C=O) groups excluding carboxylic acids is 1. The molecule has 2 aromatic heterocycles. The Labute approximate surface area is 223 Å². The molecule has 3 N–H and O–H groups in total. The number of hydrogen-bond donors (Lipinski definition) is 2. The fourth-order valence-electron chi connectivity index (χ4n) is 5.64. The molecule has 2 aromatic carbocycles. The number of nitrogens with two attached hydrogens (primary N) is 1. The summed E-state index contributed by atoms with van der Waals surface area (Å²) in [5.41, 5.74) is 6.96. The normalized spacial score (nSPS) is 19.7. The molecule has 3 heterocycles. The Morgan fingerprint density at radius 3 is 2.44 bits per heavy atom. The van der Waals surface area contributed by atoms with Crippen LogP contribution in [0.4, 0.5) is 20.2 Å². The van der Waals surface area contributed by atoms with Gasteiger partial charge in [-0.1, -0.05) is 25.8 Å². The minimum absolute atomic E-state index is 0.0189. The number of aromatic nitrogens is 4. The van der Waals surface area contributed by atoms with Crippen molar-refractivity contribution in [1.82, 2.24) is 19.6 Å². The summed E-state index contributed by atoms with van der Waals surface area (Å²) in [6.45, 7) is 3.43. The standard InChI is InChI=1S/C28H29F2N7O2/c1-16-13-35(15-21(16)31)26-18-14-36(17-5-2-3-6-17)33-22(18)9-10-23(26)32-28(39)24-11-12-25(38)37(34-24)27-19(29)7-4-8-20(27)30/h4,7-12,14,16-17,21H,2-3,5-6,13,15,31H2,1H3,(H,32,39)/t16-,21+/m1/s1. The maximum Gasteiger partial charge on any atom is 0.276 e. The summed E-state index contributed by atoms with van der Waals surface area (Å²) in [6, 6.07) is 9.52. The Balaban J connectivity index is 1.39. The molecule has 1 saturated heterocycles. The summed E-state index contributed by atoms with van der Waals surface area (Å²) in [5.74, 6) is -2.29. The first-order chi connectivity index (χ1) is 18.8. The minimum atomic E-state index is -0.964. The van der Waals surface area contributed by atoms with Gasteiger partial charge in [0.05, 0.1) is 22.9 Å². The van der Waals surface area contributed by atoms with E-state index < -0.39 is 28.8 Å². The highest BCUT2D eigenvalue weighted by Crippen LogP contribution is 2.39. The molecule has 1 amide bonds. The summed E-state index contributed by atoms with van der Waals surface area (Å²) >= 11 is 0. The molecule has 2 atom stereocenters. The molecule has 0 radical (unpaired) electrons. The van der Waals surface area contributed by atoms with E-state index in [4.69, 9.17) is 10.8 Å². The SMILES string of the molecule is C[C@@H]1CN(c2c(NC(=O)c3ccc(=O)n(-c4c(F)cccc4F)n3)ccc3nn(C4CCCC4)cc23)C[C@@H]1N. The van der Waals surface area contributed by atoms with E-state index in [0.29, 0.717) is 29.5 Å². The van der Waals surface area contributed by atoms with Crippen LogP contribution in [0.5, 0.6) is 0 Å². The third-order valence-electron chi connectivity index (χ3n) is 7.79. The maximum atomic E-state index is 14.4. The molecule has 11 heteroatoms. The average Bonchev–Trinajstić information content (AvgIpc) is 3.65. The lowest BCUT2D eigenvalue weighted by atomic mass is 10.1. The molecule has 2 aliphatic rings. The molecule has 39 heavy (non-hydrogen) atoms. The van der Waals surface area contributed by atoms with Crippen LogP contribution in [0, 0.1) is 17.6 Å². The van der Waals surface area contributed by atoms with Gasteiger partial charge in [-0.2, -0.15) is 14.9 Å². The number of rotatable bonds is 5. The lowest BCUT2D eigenvalue weighted by Gasteiger charge is -2.23. The summed E-state index contributed by atoms with van der Waals surface area (Å²) in [6.07, 6.45) is 6.58. The lowest BCUT2D eigenvalue weighted by molar-refractivity contribution is 0.102. The van der Waals surface area contributed by atoms with Gasteiger partial charge in [-0.05, 0) is 49.1 Å². The van der Waals surface area contributed by atoms with Crippen molar-refractivity contribution in [3.8, 4) is 5.69 Å². The first-order valence-electron chi connectivity index (χ1n) is 13.2. The monoisotopic (exact) mass is 533 g/mol. The van der Waals surface area contributed by atoms with Gasteiger partial charge in [-0.15, -0.1) is 0 Å². The number of hydrogen-bond acceptors (Lipinski definition) is 6. The molecule has 202 valence electrons. The number of anilines is 2. The van der Waals surface area contributed by atoms with Gasteiger partial charge in [0.15, 0.2) is 11.6 Å². The molecule has 1 saturated carbocycles. The number of para-hydroxylation sites is 1. The predicted molar refractivity (Wildman–Crippen MR) is 144 cm³/mol. The average molecular weight is 534 g/mol. The third-order valence-corrected chi connectivity index (χ3v) is 7.79. The Bertz CT molecular complexity index is 1600. The number of fused-ring (bicyclic) bond motifs is 1. The van der Waals surface area contributed by atoms with Crippen LogP contribution >= 0.6 is 0 Å². The largest absolute Gasteiger partial charge is 0.367 e. The summed E-state index contributed by atoms with van der Waals surface area (Å²) < 4.78 is 31.4. The van der Waals surface area contributed by atoms with Crippen LogP contribution in [0.3, 0.4) is 0 Å². The zero-order valence-electron chi connectivity index (χ0n) is 21.5. The summed E-state index contributed by atoms with van der Waals surface area (Å²) in [5, 5.41) is 12.6. The quantitative estimate of drug-likeness (QED) is 0.401. The molecule has 4 aromatic rings. The Morgan fingerprint density at radius 2 is 1.74 bits per heavy atom. The number of carbonyl (C=O) groups is 1. The van der Waals surface area contributed by atoms with Gasteiger partial charge >= 0.3 is 0 Å². The van der Waals surface area contributed by atoms with Crippen LogP contribution in [0.2, 0.25) is 0 Å². The molecule has 0 bridgehead atoms. The van der Waals surface area contributed by atoms with Crippen molar-refractivity contribution in [2.45, 2.75) is 44.7 Å². The smallest absolute Gasteiger partial charge is 0.276 e. The minimum Gasteiger partial charge on any atom is -0.367 e. The summed E-state index contributed by atoms with van der Waals surface area (Å²) in [4.78, 5) is 28.0. The van der Waals surface area contributed by atoms with Gasteiger partial charge in [0, 0.05) is 36.8 Å². The molecular weight excluding hydrogens is 504 g/mol. The van der Waals surface area contributed by atoms with Gasteiger partial charge in [-0.25, -0.2) is 8.78 Å². The van der Waals surface area contributed by atoms with Crippen LogP contribution in [0.15, 0.2) is 53.5 Å². The third kappa shape index (κ3) is 4.56. The van der Waals surface area contributed by atoms with Crippen molar-refractivity contribution in [1.29, 1.82) is 0 Å².